The second kappa shape index (κ2) is 10.7. The minimum atomic E-state index is -5.16. The maximum atomic E-state index is 13.4. The van der Waals surface area contributed by atoms with Crippen LogP contribution in [0.15, 0.2) is 0 Å². The molecule has 0 saturated heterocycles. The van der Waals surface area contributed by atoms with E-state index in [1.807, 2.05) is 20.8 Å². The summed E-state index contributed by atoms with van der Waals surface area (Å²) < 4.78 is 88.5. The fourth-order valence-corrected chi connectivity index (χ4v) is 9.37. The van der Waals surface area contributed by atoms with Gasteiger partial charge < -0.3 is 14.6 Å². The predicted octanol–water partition coefficient (Wildman–Crippen LogP) is 6.70. The van der Waals surface area contributed by atoms with Crippen LogP contribution in [-0.4, -0.2) is 47.6 Å². The molecule has 4 aliphatic rings. The zero-order valence-electron chi connectivity index (χ0n) is 22.9. The third kappa shape index (κ3) is 5.56. The van der Waals surface area contributed by atoms with Crippen molar-refractivity contribution in [3.8, 4) is 0 Å². The average molecular weight is 585 g/mol. The smallest absolute Gasteiger partial charge is 0.481 e. The minimum Gasteiger partial charge on any atom is -0.481 e. The SMILES string of the molecule is CC(CCC(=O)O)C1CCC2C3CCC4CC(OC(=O)C(F)(F)F)CCC4(C)C3CC(OC(=O)C(F)(F)F)C12C. The lowest BCUT2D eigenvalue weighted by molar-refractivity contribution is -0.231. The fourth-order valence-electron chi connectivity index (χ4n) is 9.37. The summed E-state index contributed by atoms with van der Waals surface area (Å²) in [4.78, 5) is 34.8. The molecule has 0 radical (unpaired) electrons. The molecule has 0 aromatic rings. The summed E-state index contributed by atoms with van der Waals surface area (Å²) in [6.45, 7) is 5.85. The Morgan fingerprint density at radius 3 is 2.10 bits per heavy atom. The number of halogens is 6. The third-order valence-corrected chi connectivity index (χ3v) is 11.2. The first-order chi connectivity index (χ1) is 18.4. The molecule has 0 aliphatic heterocycles. The Morgan fingerprint density at radius 1 is 0.875 bits per heavy atom. The van der Waals surface area contributed by atoms with Crippen LogP contribution >= 0.6 is 0 Å². The minimum absolute atomic E-state index is 0.0342. The maximum absolute atomic E-state index is 13.4. The van der Waals surface area contributed by atoms with Gasteiger partial charge in [0.2, 0.25) is 0 Å². The van der Waals surface area contributed by atoms with E-state index in [0.717, 1.165) is 12.8 Å². The van der Waals surface area contributed by atoms with Crippen molar-refractivity contribution in [3.05, 3.63) is 0 Å². The van der Waals surface area contributed by atoms with E-state index in [1.165, 1.54) is 0 Å². The van der Waals surface area contributed by atoms with E-state index < -0.39 is 53.3 Å². The zero-order chi connectivity index (χ0) is 29.8. The van der Waals surface area contributed by atoms with Crippen molar-refractivity contribution in [1.82, 2.24) is 0 Å². The highest BCUT2D eigenvalue weighted by atomic mass is 19.4. The first-order valence-electron chi connectivity index (χ1n) is 14.2. The molecular weight excluding hydrogens is 546 g/mol. The molecule has 228 valence electrons. The summed E-state index contributed by atoms with van der Waals surface area (Å²) >= 11 is 0. The molecule has 0 aromatic heterocycles. The highest BCUT2D eigenvalue weighted by Crippen LogP contribution is 2.69. The summed E-state index contributed by atoms with van der Waals surface area (Å²) in [6, 6.07) is 0. The highest BCUT2D eigenvalue weighted by molar-refractivity contribution is 5.76. The van der Waals surface area contributed by atoms with Crippen molar-refractivity contribution in [2.45, 2.75) is 110 Å². The van der Waals surface area contributed by atoms with Gasteiger partial charge >= 0.3 is 30.3 Å². The summed E-state index contributed by atoms with van der Waals surface area (Å²) in [5, 5.41) is 9.18. The van der Waals surface area contributed by atoms with E-state index in [-0.39, 0.29) is 61.2 Å². The topological polar surface area (TPSA) is 89.9 Å². The van der Waals surface area contributed by atoms with Crippen molar-refractivity contribution in [2.24, 2.45) is 46.3 Å². The number of aliphatic carboxylic acids is 1. The van der Waals surface area contributed by atoms with E-state index in [2.05, 4.69) is 0 Å². The number of hydrogen-bond acceptors (Lipinski definition) is 5. The quantitative estimate of drug-likeness (QED) is 0.276. The lowest BCUT2D eigenvalue weighted by Gasteiger charge is -2.62. The highest BCUT2D eigenvalue weighted by Gasteiger charge is 2.66. The van der Waals surface area contributed by atoms with Crippen LogP contribution in [0.3, 0.4) is 0 Å². The molecule has 6 nitrogen and oxygen atoms in total. The summed E-state index contributed by atoms with van der Waals surface area (Å²) in [7, 11) is 0. The van der Waals surface area contributed by atoms with E-state index in [9.17, 15) is 45.8 Å². The van der Waals surface area contributed by atoms with Crippen LogP contribution in [0.1, 0.15) is 85.0 Å². The van der Waals surface area contributed by atoms with Gasteiger partial charge in [0.05, 0.1) is 0 Å². The largest absolute Gasteiger partial charge is 0.490 e. The summed E-state index contributed by atoms with van der Waals surface area (Å²) in [6.07, 6.45) is -7.82. The molecule has 10 atom stereocenters. The molecule has 4 rings (SSSR count). The first-order valence-corrected chi connectivity index (χ1v) is 14.2. The van der Waals surface area contributed by atoms with Gasteiger partial charge in [-0.05, 0) is 98.7 Å². The Morgan fingerprint density at radius 2 is 1.50 bits per heavy atom. The van der Waals surface area contributed by atoms with Gasteiger partial charge in [0.1, 0.15) is 12.2 Å². The van der Waals surface area contributed by atoms with Crippen molar-refractivity contribution in [3.63, 3.8) is 0 Å². The molecule has 0 heterocycles. The van der Waals surface area contributed by atoms with Crippen molar-refractivity contribution >= 4 is 17.9 Å². The number of alkyl halides is 6. The van der Waals surface area contributed by atoms with E-state index in [0.29, 0.717) is 25.7 Å². The number of rotatable bonds is 6. The molecule has 0 aromatic carbocycles. The molecule has 4 saturated carbocycles. The molecule has 10 unspecified atom stereocenters. The van der Waals surface area contributed by atoms with Crippen LogP contribution in [0.2, 0.25) is 0 Å². The molecular formula is C28H38F6O6. The lowest BCUT2D eigenvalue weighted by Crippen LogP contribution is -2.60. The number of carbonyl (C=O) groups is 3. The average Bonchev–Trinajstić information content (AvgIpc) is 3.20. The van der Waals surface area contributed by atoms with Gasteiger partial charge in [-0.1, -0.05) is 20.8 Å². The summed E-state index contributed by atoms with van der Waals surface area (Å²) in [5.74, 6) is -5.70. The van der Waals surface area contributed by atoms with E-state index in [1.54, 1.807) is 0 Å². The second-order valence-corrected chi connectivity index (χ2v) is 13.0. The van der Waals surface area contributed by atoms with E-state index >= 15 is 0 Å². The zero-order valence-corrected chi connectivity index (χ0v) is 22.9. The lowest BCUT2D eigenvalue weighted by atomic mass is 9.43. The molecule has 40 heavy (non-hydrogen) atoms. The molecule has 12 heteroatoms. The normalized spacial score (nSPS) is 40.3. The Kier molecular flexibility index (Phi) is 8.26. The molecule has 0 bridgehead atoms. The van der Waals surface area contributed by atoms with Gasteiger partial charge in [0.25, 0.3) is 0 Å². The summed E-state index contributed by atoms with van der Waals surface area (Å²) in [5.41, 5.74) is -1.18. The van der Waals surface area contributed by atoms with Crippen LogP contribution < -0.4 is 0 Å². The van der Waals surface area contributed by atoms with Gasteiger partial charge in [-0.3, -0.25) is 4.79 Å². The second-order valence-electron chi connectivity index (χ2n) is 13.0. The van der Waals surface area contributed by atoms with Gasteiger partial charge in [-0.15, -0.1) is 0 Å². The van der Waals surface area contributed by atoms with Gasteiger partial charge in [0, 0.05) is 11.8 Å². The number of carboxylic acid groups (broad SMARTS) is 1. The Balaban J connectivity index is 1.61. The molecule has 4 aliphatic carbocycles. The number of carbonyl (C=O) groups excluding carboxylic acids is 2. The fraction of sp³-hybridized carbons (Fsp3) is 0.893. The Labute approximate surface area is 229 Å². The molecule has 0 amide bonds. The first kappa shape index (κ1) is 30.9. The van der Waals surface area contributed by atoms with Crippen LogP contribution in [0.25, 0.3) is 0 Å². The van der Waals surface area contributed by atoms with Crippen molar-refractivity contribution < 1.29 is 55.3 Å². The van der Waals surface area contributed by atoms with Crippen molar-refractivity contribution in [2.75, 3.05) is 0 Å². The number of ether oxygens (including phenoxy) is 2. The van der Waals surface area contributed by atoms with Crippen LogP contribution in [0.4, 0.5) is 26.3 Å². The van der Waals surface area contributed by atoms with Gasteiger partial charge in [-0.2, -0.15) is 26.3 Å². The third-order valence-electron chi connectivity index (χ3n) is 11.2. The van der Waals surface area contributed by atoms with E-state index in [4.69, 9.17) is 9.47 Å². The van der Waals surface area contributed by atoms with Crippen LogP contribution in [-0.2, 0) is 23.9 Å². The maximum Gasteiger partial charge on any atom is 0.490 e. The Bertz CT molecular complexity index is 997. The molecule has 4 fully saturated rings. The van der Waals surface area contributed by atoms with Crippen LogP contribution in [0.5, 0.6) is 0 Å². The number of hydrogen-bond donors (Lipinski definition) is 1. The predicted molar refractivity (Wildman–Crippen MR) is 129 cm³/mol. The van der Waals surface area contributed by atoms with Crippen molar-refractivity contribution in [1.29, 1.82) is 0 Å². The van der Waals surface area contributed by atoms with Gasteiger partial charge in [0.15, 0.2) is 0 Å². The monoisotopic (exact) mass is 584 g/mol. The number of carboxylic acids is 1. The standard InChI is InChI=1S/C28H38F6O6/c1-14(4-9-22(35)36)18-7-8-19-17-6-5-15-12-16(39-23(37)27(29,30)31)10-11-25(15,2)20(17)13-21(26(18,19)3)40-24(38)28(32,33)34/h14-21H,4-13H2,1-3H3,(H,35,36). The Hall–Kier alpha value is -2.01. The molecule has 1 N–H and O–H groups in total. The number of fused-ring (bicyclic) bond motifs is 5. The van der Waals surface area contributed by atoms with Crippen LogP contribution in [0, 0.1) is 46.3 Å². The van der Waals surface area contributed by atoms with Gasteiger partial charge in [-0.25, -0.2) is 9.59 Å². The molecule has 0 spiro atoms. The number of esters is 2.